The summed E-state index contributed by atoms with van der Waals surface area (Å²) in [7, 11) is 0. The second-order valence-electron chi connectivity index (χ2n) is 17.5. The Labute approximate surface area is 274 Å². The number of esters is 1. The van der Waals surface area contributed by atoms with Crippen molar-refractivity contribution in [1.82, 2.24) is 0 Å². The highest BCUT2D eigenvalue weighted by Crippen LogP contribution is 2.75. The fraction of sp³-hybridized carbons (Fsp3) is 0.711. The number of para-hydroxylation sites is 2. The monoisotopic (exact) mass is 634 g/mol. The molecule has 0 radical (unpaired) electrons. The first-order valence-corrected chi connectivity index (χ1v) is 17.4. The highest BCUT2D eigenvalue weighted by Gasteiger charge is 2.70. The van der Waals surface area contributed by atoms with Gasteiger partial charge in [-0.3, -0.25) is 14.4 Å². The van der Waals surface area contributed by atoms with E-state index in [1.165, 1.54) is 18.6 Å². The van der Waals surface area contributed by atoms with Gasteiger partial charge in [0.05, 0.1) is 0 Å². The topological polar surface area (TPSA) is 120 Å². The molecule has 252 valence electrons. The summed E-state index contributed by atoms with van der Waals surface area (Å²) in [6, 6.07) is 6.57. The average Bonchev–Trinajstić information content (AvgIpc) is 2.96. The van der Waals surface area contributed by atoms with Crippen LogP contribution >= 0.6 is 0 Å². The highest BCUT2D eigenvalue weighted by molar-refractivity contribution is 5.97. The number of rotatable bonds is 4. The van der Waals surface area contributed by atoms with Crippen LogP contribution in [0.25, 0.3) is 0 Å². The van der Waals surface area contributed by atoms with E-state index in [0.717, 1.165) is 51.4 Å². The summed E-state index contributed by atoms with van der Waals surface area (Å²) >= 11 is 0. The summed E-state index contributed by atoms with van der Waals surface area (Å²) in [5.41, 5.74) is 0.123. The van der Waals surface area contributed by atoms with Crippen molar-refractivity contribution in [2.45, 2.75) is 119 Å². The number of carbonyl (C=O) groups excluding carboxylic acids is 3. The highest BCUT2D eigenvalue weighted by atomic mass is 16.8. The van der Waals surface area contributed by atoms with Crippen LogP contribution in [0.5, 0.6) is 0 Å². The summed E-state index contributed by atoms with van der Waals surface area (Å²) in [4.78, 5) is 40.7. The Bertz CT molecular complexity index is 1480. The normalized spacial score (nSPS) is 43.5. The van der Waals surface area contributed by atoms with Crippen LogP contribution in [0.3, 0.4) is 0 Å². The third-order valence-electron chi connectivity index (χ3n) is 14.8. The number of ether oxygens (including phenoxy) is 1. The molecular weight excluding hydrogens is 580 g/mol. The van der Waals surface area contributed by atoms with Gasteiger partial charge in [0.1, 0.15) is 11.8 Å². The third kappa shape index (κ3) is 4.67. The van der Waals surface area contributed by atoms with Crippen molar-refractivity contribution in [3.8, 4) is 0 Å². The molecular formula is C38H54N2O6. The quantitative estimate of drug-likeness (QED) is 0.244. The molecule has 0 bridgehead atoms. The van der Waals surface area contributed by atoms with Crippen molar-refractivity contribution in [2.75, 3.05) is 5.32 Å². The minimum absolute atomic E-state index is 0.00122. The Hall–Kier alpha value is -2.55. The number of hydrogen-bond donors (Lipinski definition) is 3. The zero-order valence-electron chi connectivity index (χ0n) is 29.0. The summed E-state index contributed by atoms with van der Waals surface area (Å²) in [6.45, 7) is 17.5. The number of nitrogens with one attached hydrogen (secondary N) is 2. The summed E-state index contributed by atoms with van der Waals surface area (Å²) < 4.78 is 5.86. The minimum Gasteiger partial charge on any atom is -0.595 e. The van der Waals surface area contributed by atoms with E-state index >= 15 is 0 Å². The van der Waals surface area contributed by atoms with Crippen LogP contribution in [0.2, 0.25) is 0 Å². The maximum absolute atomic E-state index is 14.7. The maximum Gasteiger partial charge on any atom is 0.302 e. The van der Waals surface area contributed by atoms with Gasteiger partial charge in [0, 0.05) is 29.7 Å². The first-order valence-electron chi connectivity index (χ1n) is 17.4. The van der Waals surface area contributed by atoms with Gasteiger partial charge in [-0.15, -0.1) is 0 Å². The molecule has 1 unspecified atom stereocenters. The Balaban J connectivity index is 1.34. The van der Waals surface area contributed by atoms with Gasteiger partial charge in [-0.25, -0.2) is 5.21 Å². The second kappa shape index (κ2) is 10.7. The van der Waals surface area contributed by atoms with Crippen LogP contribution in [-0.4, -0.2) is 29.0 Å². The van der Waals surface area contributed by atoms with Crippen molar-refractivity contribution < 1.29 is 29.6 Å². The van der Waals surface area contributed by atoms with Crippen molar-refractivity contribution in [1.29, 1.82) is 0 Å². The van der Waals surface area contributed by atoms with E-state index in [-0.39, 0.29) is 74.3 Å². The number of quaternary nitrogens is 1. The molecule has 4 fully saturated rings. The molecule has 8 nitrogen and oxygen atoms in total. The van der Waals surface area contributed by atoms with E-state index in [1.54, 1.807) is 18.2 Å². The number of carbonyl (C=O) groups is 3. The van der Waals surface area contributed by atoms with Crippen molar-refractivity contribution in [3.05, 3.63) is 41.1 Å². The number of fused-ring (bicyclic) bond motifs is 7. The number of hydrogen-bond acceptors (Lipinski definition) is 6. The van der Waals surface area contributed by atoms with Gasteiger partial charge in [0.25, 0.3) is 0 Å². The van der Waals surface area contributed by atoms with Gasteiger partial charge in [-0.05, 0) is 103 Å². The lowest BCUT2D eigenvalue weighted by Gasteiger charge is -2.70. The predicted molar refractivity (Wildman–Crippen MR) is 176 cm³/mol. The Morgan fingerprint density at radius 1 is 0.957 bits per heavy atom. The summed E-state index contributed by atoms with van der Waals surface area (Å²) in [6.07, 6.45) is 9.78. The summed E-state index contributed by atoms with van der Waals surface area (Å²) in [5.74, 6) is 0.0973. The Kier molecular flexibility index (Phi) is 7.78. The molecule has 6 rings (SSSR count). The Morgan fingerprint density at radius 2 is 1.63 bits per heavy atom. The molecule has 10 atom stereocenters. The van der Waals surface area contributed by atoms with Crippen molar-refractivity contribution in [2.24, 2.45) is 50.2 Å². The second-order valence-corrected chi connectivity index (χ2v) is 17.5. The van der Waals surface area contributed by atoms with Gasteiger partial charge in [0.2, 0.25) is 5.91 Å². The van der Waals surface area contributed by atoms with Gasteiger partial charge >= 0.3 is 5.97 Å². The molecule has 1 aromatic rings. The van der Waals surface area contributed by atoms with E-state index in [1.807, 2.05) is 13.0 Å². The van der Waals surface area contributed by atoms with Crippen LogP contribution in [0.1, 0.15) is 113 Å². The predicted octanol–water partition coefficient (Wildman–Crippen LogP) is 6.94. The molecule has 0 heterocycles. The van der Waals surface area contributed by atoms with Crippen molar-refractivity contribution >= 4 is 29.0 Å². The molecule has 0 spiro atoms. The van der Waals surface area contributed by atoms with Gasteiger partial charge < -0.3 is 15.3 Å². The molecule has 46 heavy (non-hydrogen) atoms. The van der Waals surface area contributed by atoms with E-state index in [9.17, 15) is 24.8 Å². The molecule has 5 aliphatic rings. The molecule has 8 heteroatoms. The standard InChI is InChI=1S/C38H54N2O6/c1-23(41)46-30-14-15-36(6)29(33(30,2)3)13-16-38(8)31(36)28(42)21-24-25-22-35(5,18-17-34(25,4)19-20-37(24,38)7)32(43)39-26-11-9-10-12-27(26)40(44)45/h9-12,21,25,29-31,40,44H,13-20,22H2,1-8H3,(H,39,43)/t25-,29+,30+,31+,34-,35+,36+,37-,38+/m0/s1. The fourth-order valence-electron chi connectivity index (χ4n) is 11.8. The number of amides is 1. The number of benzene rings is 1. The van der Waals surface area contributed by atoms with Gasteiger partial charge in [-0.2, -0.15) is 5.23 Å². The zero-order valence-corrected chi connectivity index (χ0v) is 29.0. The maximum atomic E-state index is 14.7. The molecule has 0 aromatic heterocycles. The zero-order chi connectivity index (χ0) is 33.7. The minimum atomic E-state index is -1.07. The molecule has 1 amide bonds. The number of allylic oxidation sites excluding steroid dienone is 2. The molecule has 4 saturated carbocycles. The van der Waals surface area contributed by atoms with E-state index in [0.29, 0.717) is 12.1 Å². The lowest BCUT2D eigenvalue weighted by Crippen LogP contribution is -2.99. The SMILES string of the molecule is CC(=O)O[C@@H]1CC[C@]2(C)[C@H](CC[C@]3(C)[C@@H]2C(=O)C=C2[C@@H]4C[C@](C)(C(=O)Nc5ccccc5[NH+]([O-])O)CC[C@@]4(C)CC[C@@]23C)C1(C)C. The van der Waals surface area contributed by atoms with Gasteiger partial charge in [0.15, 0.2) is 11.5 Å². The average molecular weight is 635 g/mol. The molecule has 0 saturated heterocycles. The lowest BCUT2D eigenvalue weighted by molar-refractivity contribution is -0.990. The third-order valence-corrected chi connectivity index (χ3v) is 14.8. The van der Waals surface area contributed by atoms with Gasteiger partial charge in [-0.1, -0.05) is 66.2 Å². The number of ketones is 1. The molecule has 0 aliphatic heterocycles. The largest absolute Gasteiger partial charge is 0.595 e. The first-order chi connectivity index (χ1) is 21.3. The number of anilines is 1. The van der Waals surface area contributed by atoms with Crippen LogP contribution in [0, 0.1) is 55.5 Å². The first kappa shape index (κ1) is 33.4. The molecule has 5 aliphatic carbocycles. The Morgan fingerprint density at radius 3 is 2.30 bits per heavy atom. The van der Waals surface area contributed by atoms with E-state index < -0.39 is 10.6 Å². The van der Waals surface area contributed by atoms with Crippen LogP contribution < -0.4 is 10.5 Å². The van der Waals surface area contributed by atoms with Crippen molar-refractivity contribution in [3.63, 3.8) is 0 Å². The van der Waals surface area contributed by atoms with Crippen LogP contribution in [0.15, 0.2) is 35.9 Å². The molecule has 3 N–H and O–H groups in total. The smallest absolute Gasteiger partial charge is 0.302 e. The van der Waals surface area contributed by atoms with Crippen LogP contribution in [0.4, 0.5) is 11.4 Å². The fourth-order valence-corrected chi connectivity index (χ4v) is 11.8. The van der Waals surface area contributed by atoms with E-state index in [2.05, 4.69) is 46.9 Å². The summed E-state index contributed by atoms with van der Waals surface area (Å²) in [5, 5.41) is 23.5. The van der Waals surface area contributed by atoms with E-state index in [4.69, 9.17) is 4.74 Å². The van der Waals surface area contributed by atoms with Crippen LogP contribution in [-0.2, 0) is 19.1 Å². The lowest BCUT2D eigenvalue weighted by atomic mass is 9.33. The molecule has 1 aromatic carbocycles.